The van der Waals surface area contributed by atoms with Crippen molar-refractivity contribution in [2.24, 2.45) is 0 Å². The fourth-order valence-electron chi connectivity index (χ4n) is 1.72. The molecule has 2 N–H and O–H groups in total. The molecule has 1 aromatic heterocycles. The van der Waals surface area contributed by atoms with E-state index >= 15 is 0 Å². The van der Waals surface area contributed by atoms with Crippen molar-refractivity contribution in [2.45, 2.75) is 6.54 Å². The Labute approximate surface area is 109 Å². The number of nitrogens with zero attached hydrogens (tertiary/aromatic N) is 4. The number of benzene rings is 1. The minimum absolute atomic E-state index is 0.0144. The highest BCUT2D eigenvalue weighted by Gasteiger charge is 2.20. The third-order valence-corrected chi connectivity index (χ3v) is 2.59. The van der Waals surface area contributed by atoms with Crippen molar-refractivity contribution in [1.82, 2.24) is 9.97 Å². The van der Waals surface area contributed by atoms with Gasteiger partial charge in [0.25, 0.3) is 0 Å². The zero-order valence-electron chi connectivity index (χ0n) is 10.4. The van der Waals surface area contributed by atoms with Crippen molar-refractivity contribution in [3.05, 3.63) is 52.2 Å². The maximum atomic E-state index is 10.9. The number of rotatable bonds is 4. The van der Waals surface area contributed by atoms with E-state index in [1.54, 1.807) is 11.9 Å². The van der Waals surface area contributed by atoms with Crippen LogP contribution in [0.25, 0.3) is 0 Å². The number of anilines is 2. The first-order chi connectivity index (χ1) is 9.08. The van der Waals surface area contributed by atoms with Crippen molar-refractivity contribution in [3.8, 4) is 0 Å². The summed E-state index contributed by atoms with van der Waals surface area (Å²) in [7, 11) is 1.72. The SMILES string of the molecule is CN(Cc1ccccc1)c1nc(N)ncc1[N+](=O)[O-]. The Morgan fingerprint density at radius 2 is 2.05 bits per heavy atom. The molecule has 2 rings (SSSR count). The summed E-state index contributed by atoms with van der Waals surface area (Å²) in [4.78, 5) is 19.7. The van der Waals surface area contributed by atoms with Crippen molar-refractivity contribution in [2.75, 3.05) is 17.7 Å². The van der Waals surface area contributed by atoms with E-state index < -0.39 is 4.92 Å². The van der Waals surface area contributed by atoms with Crippen LogP contribution in [0.1, 0.15) is 5.56 Å². The zero-order chi connectivity index (χ0) is 13.8. The smallest absolute Gasteiger partial charge is 0.329 e. The molecular weight excluding hydrogens is 246 g/mol. The van der Waals surface area contributed by atoms with E-state index in [-0.39, 0.29) is 17.5 Å². The van der Waals surface area contributed by atoms with Crippen LogP contribution >= 0.6 is 0 Å². The minimum atomic E-state index is -0.518. The third kappa shape index (κ3) is 2.95. The highest BCUT2D eigenvalue weighted by Crippen LogP contribution is 2.25. The van der Waals surface area contributed by atoms with E-state index in [0.29, 0.717) is 6.54 Å². The first-order valence-corrected chi connectivity index (χ1v) is 5.60. The second-order valence-electron chi connectivity index (χ2n) is 4.04. The molecule has 0 fully saturated rings. The lowest BCUT2D eigenvalue weighted by molar-refractivity contribution is -0.384. The Morgan fingerprint density at radius 3 is 2.68 bits per heavy atom. The molecule has 0 aliphatic carbocycles. The van der Waals surface area contributed by atoms with E-state index in [9.17, 15) is 10.1 Å². The van der Waals surface area contributed by atoms with Crippen molar-refractivity contribution < 1.29 is 4.92 Å². The lowest BCUT2D eigenvalue weighted by Gasteiger charge is -2.17. The number of nitrogens with two attached hydrogens (primary N) is 1. The first-order valence-electron chi connectivity index (χ1n) is 5.60. The number of aromatic nitrogens is 2. The summed E-state index contributed by atoms with van der Waals surface area (Å²) in [5.74, 6) is 0.224. The normalized spacial score (nSPS) is 10.2. The van der Waals surface area contributed by atoms with Crippen LogP contribution in [-0.2, 0) is 6.54 Å². The molecule has 0 radical (unpaired) electrons. The van der Waals surface area contributed by atoms with Gasteiger partial charge in [-0.05, 0) is 5.56 Å². The Kier molecular flexibility index (Phi) is 3.56. The van der Waals surface area contributed by atoms with Crippen LogP contribution in [0.3, 0.4) is 0 Å². The fourth-order valence-corrected chi connectivity index (χ4v) is 1.72. The van der Waals surface area contributed by atoms with Crippen LogP contribution in [0.2, 0.25) is 0 Å². The molecule has 1 aromatic carbocycles. The average molecular weight is 259 g/mol. The molecule has 0 amide bonds. The maximum Gasteiger partial charge on any atom is 0.329 e. The van der Waals surface area contributed by atoms with E-state index in [1.807, 2.05) is 30.3 Å². The van der Waals surface area contributed by atoms with Crippen molar-refractivity contribution in [3.63, 3.8) is 0 Å². The van der Waals surface area contributed by atoms with E-state index in [1.165, 1.54) is 0 Å². The summed E-state index contributed by atoms with van der Waals surface area (Å²) in [5.41, 5.74) is 6.35. The van der Waals surface area contributed by atoms with Gasteiger partial charge in [-0.1, -0.05) is 30.3 Å². The van der Waals surface area contributed by atoms with Crippen LogP contribution in [-0.4, -0.2) is 21.9 Å². The summed E-state index contributed by atoms with van der Waals surface area (Å²) in [6.07, 6.45) is 1.12. The van der Waals surface area contributed by atoms with Gasteiger partial charge in [-0.2, -0.15) is 4.98 Å². The monoisotopic (exact) mass is 259 g/mol. The van der Waals surface area contributed by atoms with E-state index in [4.69, 9.17) is 5.73 Å². The summed E-state index contributed by atoms with van der Waals surface area (Å²) >= 11 is 0. The molecule has 7 nitrogen and oxygen atoms in total. The van der Waals surface area contributed by atoms with Crippen LogP contribution in [0.5, 0.6) is 0 Å². The summed E-state index contributed by atoms with van der Waals surface area (Å²) in [6, 6.07) is 9.60. The van der Waals surface area contributed by atoms with Gasteiger partial charge in [-0.25, -0.2) is 4.98 Å². The number of nitro groups is 1. The Balaban J connectivity index is 2.30. The van der Waals surface area contributed by atoms with Gasteiger partial charge in [-0.3, -0.25) is 10.1 Å². The Bertz CT molecular complexity index is 588. The predicted octanol–water partition coefficient (Wildman–Crippen LogP) is 1.60. The lowest BCUT2D eigenvalue weighted by Crippen LogP contribution is -2.20. The average Bonchev–Trinajstić information content (AvgIpc) is 2.39. The van der Waals surface area contributed by atoms with Gasteiger partial charge < -0.3 is 10.6 Å². The molecule has 98 valence electrons. The molecule has 1 heterocycles. The molecule has 2 aromatic rings. The topological polar surface area (TPSA) is 98.2 Å². The van der Waals surface area contributed by atoms with Gasteiger partial charge in [0, 0.05) is 13.6 Å². The molecule has 0 bridgehead atoms. The first kappa shape index (κ1) is 12.7. The van der Waals surface area contributed by atoms with E-state index in [0.717, 1.165) is 11.8 Å². The van der Waals surface area contributed by atoms with E-state index in [2.05, 4.69) is 9.97 Å². The van der Waals surface area contributed by atoms with Gasteiger partial charge in [0.05, 0.1) is 4.92 Å². The molecule has 0 spiro atoms. The minimum Gasteiger partial charge on any atom is -0.368 e. The van der Waals surface area contributed by atoms with Gasteiger partial charge >= 0.3 is 5.69 Å². The molecule has 0 aliphatic rings. The van der Waals surface area contributed by atoms with Crippen molar-refractivity contribution in [1.29, 1.82) is 0 Å². The highest BCUT2D eigenvalue weighted by atomic mass is 16.6. The maximum absolute atomic E-state index is 10.9. The second-order valence-corrected chi connectivity index (χ2v) is 4.04. The van der Waals surface area contributed by atoms with Crippen LogP contribution in [0, 0.1) is 10.1 Å². The molecule has 0 aliphatic heterocycles. The standard InChI is InChI=1S/C12H13N5O2/c1-16(8-9-5-3-2-4-6-9)11-10(17(18)19)7-14-12(13)15-11/h2-7H,8H2,1H3,(H2,13,14,15). The van der Waals surface area contributed by atoms with Crippen LogP contribution in [0.15, 0.2) is 36.5 Å². The van der Waals surface area contributed by atoms with Gasteiger partial charge in [0.2, 0.25) is 11.8 Å². The molecular formula is C12H13N5O2. The summed E-state index contributed by atoms with van der Waals surface area (Å²) in [6.45, 7) is 0.498. The lowest BCUT2D eigenvalue weighted by atomic mass is 10.2. The number of hydrogen-bond acceptors (Lipinski definition) is 6. The van der Waals surface area contributed by atoms with Crippen molar-refractivity contribution >= 4 is 17.5 Å². The quantitative estimate of drug-likeness (QED) is 0.661. The summed E-state index contributed by atoms with van der Waals surface area (Å²) < 4.78 is 0. The third-order valence-electron chi connectivity index (χ3n) is 2.59. The molecule has 0 unspecified atom stereocenters. The second kappa shape index (κ2) is 5.30. The summed E-state index contributed by atoms with van der Waals surface area (Å²) in [5, 5.41) is 10.9. The predicted molar refractivity (Wildman–Crippen MR) is 71.6 cm³/mol. The fraction of sp³-hybridized carbons (Fsp3) is 0.167. The van der Waals surface area contributed by atoms with Gasteiger partial charge in [0.1, 0.15) is 6.20 Å². The molecule has 0 saturated carbocycles. The molecule has 0 atom stereocenters. The Hall–Kier alpha value is -2.70. The van der Waals surface area contributed by atoms with Crippen LogP contribution < -0.4 is 10.6 Å². The highest BCUT2D eigenvalue weighted by molar-refractivity contribution is 5.58. The van der Waals surface area contributed by atoms with Gasteiger partial charge in [0.15, 0.2) is 0 Å². The number of hydrogen-bond donors (Lipinski definition) is 1. The molecule has 7 heteroatoms. The largest absolute Gasteiger partial charge is 0.368 e. The number of nitrogen functional groups attached to an aromatic ring is 1. The molecule has 19 heavy (non-hydrogen) atoms. The molecule has 0 saturated heterocycles. The Morgan fingerprint density at radius 1 is 1.37 bits per heavy atom. The van der Waals surface area contributed by atoms with Gasteiger partial charge in [-0.15, -0.1) is 0 Å². The zero-order valence-corrected chi connectivity index (χ0v) is 10.4. The van der Waals surface area contributed by atoms with Crippen LogP contribution in [0.4, 0.5) is 17.5 Å².